The lowest BCUT2D eigenvalue weighted by Crippen LogP contribution is -2.32. The largest absolute Gasteiger partial charge is 0.366 e. The lowest BCUT2D eigenvalue weighted by Gasteiger charge is -2.21. The predicted octanol–water partition coefficient (Wildman–Crippen LogP) is 4.07. The van der Waals surface area contributed by atoms with Crippen LogP contribution >= 0.6 is 0 Å². The number of nitrogens with two attached hydrogens (primary N) is 2. The molecule has 1 saturated heterocycles. The van der Waals surface area contributed by atoms with E-state index in [0.29, 0.717) is 53.6 Å². The third-order valence-corrected chi connectivity index (χ3v) is 9.32. The molecule has 0 radical (unpaired) electrons. The van der Waals surface area contributed by atoms with Crippen LogP contribution in [0, 0.1) is 13.8 Å². The maximum absolute atomic E-state index is 13.7. The number of anilines is 2. The molecule has 1 aliphatic rings. The number of carbonyl (C=O) groups is 2. The van der Waals surface area contributed by atoms with Gasteiger partial charge in [-0.1, -0.05) is 12.6 Å². The highest BCUT2D eigenvalue weighted by atomic mass is 16.8. The van der Waals surface area contributed by atoms with E-state index in [1.807, 2.05) is 70.5 Å². The molecule has 6 aromatic rings. The van der Waals surface area contributed by atoms with Crippen LogP contribution in [0.3, 0.4) is 0 Å². The predicted molar refractivity (Wildman–Crippen MR) is 201 cm³/mol. The fourth-order valence-corrected chi connectivity index (χ4v) is 6.95. The fraction of sp³-hybridized carbons (Fsp3) is 0.351. The zero-order valence-electron chi connectivity index (χ0n) is 30.7. The number of aromatic nitrogens is 8. The van der Waals surface area contributed by atoms with Gasteiger partial charge < -0.3 is 35.4 Å². The topological polar surface area (TPSA) is 200 Å². The van der Waals surface area contributed by atoms with Crippen LogP contribution in [0.5, 0.6) is 0 Å². The first-order chi connectivity index (χ1) is 25.2. The maximum Gasteiger partial charge on any atom is 0.276 e. The van der Waals surface area contributed by atoms with Crippen molar-refractivity contribution in [3.8, 4) is 0 Å². The second-order valence-electron chi connectivity index (χ2n) is 13.7. The number of aryl methyl sites for hydroxylation is 4. The highest BCUT2D eigenvalue weighted by molar-refractivity contribution is 6.03. The van der Waals surface area contributed by atoms with E-state index in [4.69, 9.17) is 30.9 Å². The third kappa shape index (κ3) is 6.91. The molecular weight excluding hydrogens is 676 g/mol. The minimum Gasteiger partial charge on any atom is -0.366 e. The van der Waals surface area contributed by atoms with Crippen LogP contribution < -0.4 is 22.1 Å². The molecule has 53 heavy (non-hydrogen) atoms. The van der Waals surface area contributed by atoms with Gasteiger partial charge in [0.15, 0.2) is 5.79 Å². The fourth-order valence-electron chi connectivity index (χ4n) is 6.95. The summed E-state index contributed by atoms with van der Waals surface area (Å²) in [5.41, 5.74) is 19.1. The second-order valence-corrected chi connectivity index (χ2v) is 13.7. The van der Waals surface area contributed by atoms with Gasteiger partial charge in [-0.05, 0) is 82.6 Å². The summed E-state index contributed by atoms with van der Waals surface area (Å²) in [7, 11) is 1.87. The molecule has 1 unspecified atom stereocenters. The van der Waals surface area contributed by atoms with E-state index < -0.39 is 23.9 Å². The Morgan fingerprint density at radius 3 is 2.04 bits per heavy atom. The molecule has 0 spiro atoms. The summed E-state index contributed by atoms with van der Waals surface area (Å²) < 4.78 is 20.5. The van der Waals surface area contributed by atoms with Crippen LogP contribution in [0.15, 0.2) is 55.1 Å². The van der Waals surface area contributed by atoms with Crippen molar-refractivity contribution in [2.24, 2.45) is 18.5 Å². The SMILES string of the molecule is C=C(Nc1nc2cc(CN)ccc2n1C[C@H]1OC(C)(C)OC1Cn1c(NC(=O)c2cc(C)nn2CC)nc2cc(C(N)=O)ccc21)c1cc(C)nn1C. The summed E-state index contributed by atoms with van der Waals surface area (Å²) in [5.74, 6) is -1.06. The van der Waals surface area contributed by atoms with Crippen LogP contribution in [0.4, 0.5) is 11.9 Å². The van der Waals surface area contributed by atoms with Crippen molar-refractivity contribution in [1.82, 2.24) is 38.7 Å². The second kappa shape index (κ2) is 13.6. The summed E-state index contributed by atoms with van der Waals surface area (Å²) in [6.07, 6.45) is -1.01. The van der Waals surface area contributed by atoms with Gasteiger partial charge in [-0.3, -0.25) is 24.3 Å². The number of nitrogens with zero attached hydrogens (tertiary/aromatic N) is 8. The Kier molecular flexibility index (Phi) is 9.13. The monoisotopic (exact) mass is 720 g/mol. The number of nitrogens with one attached hydrogen (secondary N) is 2. The number of carbonyl (C=O) groups excluding carboxylic acids is 2. The number of benzene rings is 2. The average Bonchev–Trinajstić information content (AvgIpc) is 3.90. The molecule has 0 aliphatic carbocycles. The Morgan fingerprint density at radius 2 is 1.45 bits per heavy atom. The first kappa shape index (κ1) is 35.6. The molecule has 276 valence electrons. The number of fused-ring (bicyclic) bond motifs is 2. The Balaban J connectivity index is 1.26. The zero-order valence-corrected chi connectivity index (χ0v) is 30.7. The summed E-state index contributed by atoms with van der Waals surface area (Å²) in [6.45, 7) is 15.2. The Morgan fingerprint density at radius 1 is 0.868 bits per heavy atom. The molecule has 2 amide bonds. The van der Waals surface area contributed by atoms with Gasteiger partial charge in [0.05, 0.1) is 57.9 Å². The molecule has 16 heteroatoms. The summed E-state index contributed by atoms with van der Waals surface area (Å²) in [4.78, 5) is 35.4. The summed E-state index contributed by atoms with van der Waals surface area (Å²) in [5, 5.41) is 15.3. The van der Waals surface area contributed by atoms with Crippen molar-refractivity contribution < 1.29 is 19.1 Å². The number of hydrogen-bond donors (Lipinski definition) is 4. The highest BCUT2D eigenvalue weighted by Crippen LogP contribution is 2.34. The average molecular weight is 721 g/mol. The van der Waals surface area contributed by atoms with Crippen molar-refractivity contribution in [1.29, 1.82) is 0 Å². The van der Waals surface area contributed by atoms with Crippen LogP contribution in [0.2, 0.25) is 0 Å². The Hall–Kier alpha value is -5.84. The van der Waals surface area contributed by atoms with Gasteiger partial charge in [0, 0.05) is 25.7 Å². The molecule has 0 saturated carbocycles. The van der Waals surface area contributed by atoms with Crippen LogP contribution in [0.25, 0.3) is 27.8 Å². The number of amides is 2. The maximum atomic E-state index is 13.7. The number of primary amides is 1. The van der Waals surface area contributed by atoms with Crippen molar-refractivity contribution in [3.05, 3.63) is 89.0 Å². The van der Waals surface area contributed by atoms with E-state index in [2.05, 4.69) is 32.0 Å². The molecule has 0 bridgehead atoms. The lowest BCUT2D eigenvalue weighted by molar-refractivity contribution is -0.147. The molecule has 7 rings (SSSR count). The molecular formula is C37H44N12O4. The Bertz CT molecular complexity index is 2400. The molecule has 16 nitrogen and oxygen atoms in total. The van der Waals surface area contributed by atoms with E-state index in [-0.39, 0.29) is 18.4 Å². The van der Waals surface area contributed by atoms with Crippen molar-refractivity contribution in [3.63, 3.8) is 0 Å². The van der Waals surface area contributed by atoms with Crippen LogP contribution in [0.1, 0.15) is 64.3 Å². The standard InChI is InChI=1S/C37H44N12O4/c1-8-49-30(14-21(3)45-49)34(51)43-36-42-26-16-24(33(39)50)10-12-28(26)48(36)19-32-31(52-37(5,6)53-32)18-47-27-11-9-23(17-38)15-25(27)41-35(47)40-22(4)29-13-20(2)44-46(29)7/h9-16,31-32H,4,8,17-19,38H2,1-3,5-7H3,(H2,39,50)(H,40,41)(H,42,43,51)/t31-,32?/m1/s1. The summed E-state index contributed by atoms with van der Waals surface area (Å²) >= 11 is 0. The van der Waals surface area contributed by atoms with E-state index in [1.54, 1.807) is 33.6 Å². The van der Waals surface area contributed by atoms with Crippen LogP contribution in [-0.4, -0.2) is 68.5 Å². The van der Waals surface area contributed by atoms with Gasteiger partial charge in [-0.25, -0.2) is 9.97 Å². The minimum absolute atomic E-state index is 0.246. The van der Waals surface area contributed by atoms with E-state index in [1.165, 1.54) is 0 Å². The van der Waals surface area contributed by atoms with Gasteiger partial charge in [-0.15, -0.1) is 0 Å². The van der Waals surface area contributed by atoms with Gasteiger partial charge in [0.1, 0.15) is 17.9 Å². The quantitative estimate of drug-likeness (QED) is 0.143. The van der Waals surface area contributed by atoms with Gasteiger partial charge >= 0.3 is 0 Å². The first-order valence-corrected chi connectivity index (χ1v) is 17.4. The van der Waals surface area contributed by atoms with Gasteiger partial charge in [0.25, 0.3) is 5.91 Å². The number of ether oxygens (including phenoxy) is 2. The van der Waals surface area contributed by atoms with Gasteiger partial charge in [0.2, 0.25) is 17.8 Å². The molecule has 5 heterocycles. The van der Waals surface area contributed by atoms with E-state index in [0.717, 1.165) is 33.7 Å². The van der Waals surface area contributed by atoms with Gasteiger partial charge in [-0.2, -0.15) is 10.2 Å². The molecule has 6 N–H and O–H groups in total. The summed E-state index contributed by atoms with van der Waals surface area (Å²) in [6, 6.07) is 14.6. The van der Waals surface area contributed by atoms with Crippen molar-refractivity contribution in [2.75, 3.05) is 10.6 Å². The van der Waals surface area contributed by atoms with Crippen molar-refractivity contribution >= 4 is 51.5 Å². The first-order valence-electron chi connectivity index (χ1n) is 17.4. The molecule has 4 aromatic heterocycles. The highest BCUT2D eigenvalue weighted by Gasteiger charge is 2.42. The Labute approximate surface area is 305 Å². The normalized spacial score (nSPS) is 16.8. The number of hydrogen-bond acceptors (Lipinski definition) is 10. The molecule has 2 aromatic carbocycles. The molecule has 1 aliphatic heterocycles. The van der Waals surface area contributed by atoms with Crippen molar-refractivity contribution in [2.45, 2.75) is 78.8 Å². The van der Waals surface area contributed by atoms with Crippen LogP contribution in [-0.2, 0) is 42.7 Å². The van der Waals surface area contributed by atoms with E-state index in [9.17, 15) is 9.59 Å². The smallest absolute Gasteiger partial charge is 0.276 e. The molecule has 1 fully saturated rings. The lowest BCUT2D eigenvalue weighted by atomic mass is 10.1. The number of rotatable bonds is 12. The molecule has 2 atom stereocenters. The third-order valence-electron chi connectivity index (χ3n) is 9.32. The minimum atomic E-state index is -0.939. The zero-order chi connectivity index (χ0) is 37.8. The van der Waals surface area contributed by atoms with E-state index >= 15 is 0 Å². The number of imidazole rings is 2.